The molecule has 2 aliphatic heterocycles. The zero-order valence-electron chi connectivity index (χ0n) is 9.17. The number of nitrogens with zero attached hydrogens (tertiary/aromatic N) is 1. The maximum absolute atomic E-state index is 12.3. The SMILES string of the molecule is CC1(C(=O)N2CCC[C@@H]2CBr)CCCO1. The zero-order valence-corrected chi connectivity index (χ0v) is 10.8. The van der Waals surface area contributed by atoms with Gasteiger partial charge in [-0.15, -0.1) is 0 Å². The molecule has 3 nitrogen and oxygen atoms in total. The van der Waals surface area contributed by atoms with Crippen molar-refractivity contribution in [1.82, 2.24) is 4.90 Å². The fourth-order valence-corrected chi connectivity index (χ4v) is 3.19. The summed E-state index contributed by atoms with van der Waals surface area (Å²) in [6.45, 7) is 3.56. The van der Waals surface area contributed by atoms with Crippen molar-refractivity contribution < 1.29 is 9.53 Å². The molecule has 2 aliphatic rings. The molecule has 1 unspecified atom stereocenters. The van der Waals surface area contributed by atoms with Gasteiger partial charge in [0, 0.05) is 24.5 Å². The maximum Gasteiger partial charge on any atom is 0.254 e. The van der Waals surface area contributed by atoms with Gasteiger partial charge in [-0.1, -0.05) is 15.9 Å². The van der Waals surface area contributed by atoms with Gasteiger partial charge in [0.25, 0.3) is 5.91 Å². The lowest BCUT2D eigenvalue weighted by Crippen LogP contribution is -2.49. The third-order valence-corrected chi connectivity index (χ3v) is 4.23. The predicted octanol–water partition coefficient (Wildman–Crippen LogP) is 1.94. The largest absolute Gasteiger partial charge is 0.365 e. The summed E-state index contributed by atoms with van der Waals surface area (Å²) in [6.07, 6.45) is 4.12. The monoisotopic (exact) mass is 275 g/mol. The number of amides is 1. The van der Waals surface area contributed by atoms with Gasteiger partial charge in [-0.2, -0.15) is 0 Å². The fourth-order valence-electron chi connectivity index (χ4n) is 2.52. The van der Waals surface area contributed by atoms with Crippen LogP contribution in [0.4, 0.5) is 0 Å². The molecule has 0 aromatic carbocycles. The summed E-state index contributed by atoms with van der Waals surface area (Å²) in [5, 5.41) is 0.884. The number of ether oxygens (including phenoxy) is 1. The fraction of sp³-hybridized carbons (Fsp3) is 0.909. The second-order valence-electron chi connectivity index (χ2n) is 4.63. The minimum Gasteiger partial charge on any atom is -0.365 e. The molecule has 0 radical (unpaired) electrons. The number of alkyl halides is 1. The van der Waals surface area contributed by atoms with Crippen LogP contribution in [0.25, 0.3) is 0 Å². The number of likely N-dealkylation sites (tertiary alicyclic amines) is 1. The molecule has 2 rings (SSSR count). The van der Waals surface area contributed by atoms with Crippen LogP contribution in [-0.4, -0.2) is 40.9 Å². The standard InChI is InChI=1S/C11H18BrNO2/c1-11(5-3-7-15-11)10(14)13-6-2-4-9(13)8-12/h9H,2-8H2,1H3/t9-,11?/m1/s1. The quantitative estimate of drug-likeness (QED) is 0.721. The van der Waals surface area contributed by atoms with Gasteiger partial charge in [0.15, 0.2) is 0 Å². The van der Waals surface area contributed by atoms with Crippen molar-refractivity contribution in [1.29, 1.82) is 0 Å². The lowest BCUT2D eigenvalue weighted by Gasteiger charge is -2.31. The Hall–Kier alpha value is -0.0900. The highest BCUT2D eigenvalue weighted by molar-refractivity contribution is 9.09. The van der Waals surface area contributed by atoms with E-state index in [1.807, 2.05) is 11.8 Å². The molecule has 2 fully saturated rings. The summed E-state index contributed by atoms with van der Waals surface area (Å²) < 4.78 is 5.60. The maximum atomic E-state index is 12.3. The van der Waals surface area contributed by atoms with Crippen molar-refractivity contribution >= 4 is 21.8 Å². The molecule has 4 heteroatoms. The first kappa shape index (κ1) is 11.4. The Kier molecular flexibility index (Phi) is 3.36. The second kappa shape index (κ2) is 4.42. The average Bonchev–Trinajstić information content (AvgIpc) is 2.85. The van der Waals surface area contributed by atoms with Gasteiger partial charge >= 0.3 is 0 Å². The molecule has 0 N–H and O–H groups in total. The summed E-state index contributed by atoms with van der Waals surface area (Å²) >= 11 is 3.48. The van der Waals surface area contributed by atoms with Gasteiger partial charge in [0.05, 0.1) is 0 Å². The smallest absolute Gasteiger partial charge is 0.254 e. The molecular formula is C11H18BrNO2. The normalized spacial score (nSPS) is 36.1. The van der Waals surface area contributed by atoms with Crippen LogP contribution in [0, 0.1) is 0 Å². The van der Waals surface area contributed by atoms with Crippen LogP contribution in [0.2, 0.25) is 0 Å². The van der Waals surface area contributed by atoms with Crippen LogP contribution in [0.1, 0.15) is 32.6 Å². The lowest BCUT2D eigenvalue weighted by atomic mass is 10.0. The third kappa shape index (κ3) is 2.07. The lowest BCUT2D eigenvalue weighted by molar-refractivity contribution is -0.151. The Morgan fingerprint density at radius 1 is 1.60 bits per heavy atom. The summed E-state index contributed by atoms with van der Waals surface area (Å²) in [4.78, 5) is 14.3. The summed E-state index contributed by atoms with van der Waals surface area (Å²) in [5.74, 6) is 0.196. The minimum absolute atomic E-state index is 0.196. The molecular weight excluding hydrogens is 258 g/mol. The van der Waals surface area contributed by atoms with Crippen LogP contribution >= 0.6 is 15.9 Å². The summed E-state index contributed by atoms with van der Waals surface area (Å²) in [7, 11) is 0. The minimum atomic E-state index is -0.537. The van der Waals surface area contributed by atoms with Crippen LogP contribution < -0.4 is 0 Å². The predicted molar refractivity (Wildman–Crippen MR) is 62.1 cm³/mol. The average molecular weight is 276 g/mol. The van der Waals surface area contributed by atoms with Crippen molar-refractivity contribution in [2.24, 2.45) is 0 Å². The highest BCUT2D eigenvalue weighted by Gasteiger charge is 2.43. The van der Waals surface area contributed by atoms with Gasteiger partial charge in [-0.25, -0.2) is 0 Å². The Morgan fingerprint density at radius 3 is 3.00 bits per heavy atom. The van der Waals surface area contributed by atoms with Crippen LogP contribution in [0.5, 0.6) is 0 Å². The Bertz CT molecular complexity index is 251. The number of hydrogen-bond donors (Lipinski definition) is 0. The molecule has 1 amide bonds. The van der Waals surface area contributed by atoms with E-state index in [0.29, 0.717) is 6.04 Å². The van der Waals surface area contributed by atoms with Crippen molar-refractivity contribution in [3.8, 4) is 0 Å². The first-order chi connectivity index (χ1) is 7.17. The highest BCUT2D eigenvalue weighted by Crippen LogP contribution is 2.30. The Morgan fingerprint density at radius 2 is 2.40 bits per heavy atom. The van der Waals surface area contributed by atoms with Gasteiger partial charge in [-0.3, -0.25) is 4.79 Å². The van der Waals surface area contributed by atoms with Gasteiger partial charge in [0.1, 0.15) is 5.60 Å². The summed E-state index contributed by atoms with van der Waals surface area (Å²) in [5.41, 5.74) is -0.537. The van der Waals surface area contributed by atoms with Crippen molar-refractivity contribution in [3.63, 3.8) is 0 Å². The molecule has 86 valence electrons. The molecule has 0 aliphatic carbocycles. The second-order valence-corrected chi connectivity index (χ2v) is 5.28. The summed E-state index contributed by atoms with van der Waals surface area (Å²) in [6, 6.07) is 0.374. The zero-order chi connectivity index (χ0) is 10.9. The van der Waals surface area contributed by atoms with Gasteiger partial charge < -0.3 is 9.64 Å². The number of rotatable bonds is 2. The molecule has 0 bridgehead atoms. The van der Waals surface area contributed by atoms with Crippen LogP contribution in [0.3, 0.4) is 0 Å². The van der Waals surface area contributed by atoms with E-state index in [-0.39, 0.29) is 5.91 Å². The first-order valence-electron chi connectivity index (χ1n) is 5.68. The van der Waals surface area contributed by atoms with E-state index in [4.69, 9.17) is 4.74 Å². The van der Waals surface area contributed by atoms with E-state index >= 15 is 0 Å². The molecule has 0 aromatic rings. The third-order valence-electron chi connectivity index (χ3n) is 3.49. The Labute approximate surface area is 99.3 Å². The topological polar surface area (TPSA) is 29.5 Å². The first-order valence-corrected chi connectivity index (χ1v) is 6.80. The van der Waals surface area contributed by atoms with Crippen LogP contribution in [0.15, 0.2) is 0 Å². The van der Waals surface area contributed by atoms with Gasteiger partial charge in [-0.05, 0) is 32.6 Å². The van der Waals surface area contributed by atoms with Crippen molar-refractivity contribution in [3.05, 3.63) is 0 Å². The molecule has 2 heterocycles. The van der Waals surface area contributed by atoms with Crippen molar-refractivity contribution in [2.75, 3.05) is 18.5 Å². The van der Waals surface area contributed by atoms with E-state index in [2.05, 4.69) is 15.9 Å². The molecule has 2 saturated heterocycles. The van der Waals surface area contributed by atoms with E-state index in [1.165, 1.54) is 0 Å². The molecule has 0 spiro atoms. The molecule has 2 atom stereocenters. The van der Waals surface area contributed by atoms with E-state index in [9.17, 15) is 4.79 Å². The number of hydrogen-bond acceptors (Lipinski definition) is 2. The van der Waals surface area contributed by atoms with E-state index in [1.54, 1.807) is 0 Å². The highest BCUT2D eigenvalue weighted by atomic mass is 79.9. The van der Waals surface area contributed by atoms with Crippen LogP contribution in [-0.2, 0) is 9.53 Å². The van der Waals surface area contributed by atoms with Gasteiger partial charge in [0.2, 0.25) is 0 Å². The van der Waals surface area contributed by atoms with E-state index in [0.717, 1.165) is 44.2 Å². The number of halogens is 1. The molecule has 0 saturated carbocycles. The van der Waals surface area contributed by atoms with E-state index < -0.39 is 5.60 Å². The number of carbonyl (C=O) groups excluding carboxylic acids is 1. The Balaban J connectivity index is 2.06. The molecule has 0 aromatic heterocycles. The molecule has 15 heavy (non-hydrogen) atoms. The van der Waals surface area contributed by atoms with Crippen molar-refractivity contribution in [2.45, 2.75) is 44.2 Å². The number of carbonyl (C=O) groups is 1.